The maximum atomic E-state index is 11.9. The van der Waals surface area contributed by atoms with Crippen molar-refractivity contribution in [3.63, 3.8) is 0 Å². The summed E-state index contributed by atoms with van der Waals surface area (Å²) in [6, 6.07) is 15.5. The molecule has 0 radical (unpaired) electrons. The number of unbranched alkanes of at least 4 members (excludes halogenated alkanes) is 3. The molecule has 37 heavy (non-hydrogen) atoms. The van der Waals surface area contributed by atoms with Crippen molar-refractivity contribution < 1.29 is 9.90 Å². The number of allylic oxidation sites excluding steroid dienone is 2. The van der Waals surface area contributed by atoms with Crippen LogP contribution in [0.25, 0.3) is 22.5 Å². The highest BCUT2D eigenvalue weighted by Crippen LogP contribution is 2.35. The molecule has 0 unspecified atom stereocenters. The Balaban J connectivity index is 1.31. The van der Waals surface area contributed by atoms with E-state index in [0.29, 0.717) is 40.6 Å². The van der Waals surface area contributed by atoms with Gasteiger partial charge in [0.1, 0.15) is 0 Å². The maximum absolute atomic E-state index is 11.9. The molecule has 0 saturated heterocycles. The van der Waals surface area contributed by atoms with E-state index in [0.717, 1.165) is 85.6 Å². The summed E-state index contributed by atoms with van der Waals surface area (Å²) in [7, 11) is 0. The molecule has 0 spiro atoms. The summed E-state index contributed by atoms with van der Waals surface area (Å²) in [6.07, 6.45) is 7.75. The molecule has 1 N–H and O–H groups in total. The summed E-state index contributed by atoms with van der Waals surface area (Å²) in [5, 5.41) is 11.3. The average Bonchev–Trinajstić information content (AvgIpc) is 3.23. The van der Waals surface area contributed by atoms with Gasteiger partial charge >= 0.3 is 0 Å². The Hall–Kier alpha value is -2.89. The zero-order chi connectivity index (χ0) is 25.8. The first kappa shape index (κ1) is 25.7. The molecule has 7 heteroatoms. The number of aliphatic hydroxyl groups is 1. The summed E-state index contributed by atoms with van der Waals surface area (Å²) in [5.74, 6) is 1.40. The molecule has 1 aliphatic heterocycles. The molecule has 0 fully saturated rings. The molecule has 2 aliphatic rings. The Kier molecular flexibility index (Phi) is 8.11. The number of ketones is 1. The third kappa shape index (κ3) is 6.00. The zero-order valence-electron chi connectivity index (χ0n) is 20.9. The second kappa shape index (κ2) is 11.7. The smallest absolute Gasteiger partial charge is 0.162 e. The molecule has 2 heterocycles. The van der Waals surface area contributed by atoms with Crippen LogP contribution in [0.4, 0.5) is 5.82 Å². The number of fused-ring (bicyclic) bond motifs is 1. The molecule has 0 atom stereocenters. The number of halogens is 2. The van der Waals surface area contributed by atoms with Crippen LogP contribution in [0.3, 0.4) is 0 Å². The third-order valence-electron chi connectivity index (χ3n) is 7.20. The SMILES string of the molecule is O=C1CCC(O)=C1CCCCCCN1CCCc2nc(-c3ccc(Cl)cc3)c(-c3ccc(Cl)cc3)nc21. The minimum Gasteiger partial charge on any atom is -0.512 e. The van der Waals surface area contributed by atoms with Gasteiger partial charge in [0, 0.05) is 52.7 Å². The van der Waals surface area contributed by atoms with E-state index >= 15 is 0 Å². The number of rotatable bonds is 9. The molecule has 5 rings (SSSR count). The lowest BCUT2D eigenvalue weighted by Crippen LogP contribution is -2.32. The van der Waals surface area contributed by atoms with E-state index in [-0.39, 0.29) is 5.78 Å². The van der Waals surface area contributed by atoms with E-state index in [4.69, 9.17) is 33.2 Å². The Morgan fingerprint density at radius 2 is 1.41 bits per heavy atom. The Morgan fingerprint density at radius 3 is 2.03 bits per heavy atom. The van der Waals surface area contributed by atoms with Gasteiger partial charge in [-0.2, -0.15) is 0 Å². The molecule has 0 amide bonds. The van der Waals surface area contributed by atoms with Gasteiger partial charge in [0.15, 0.2) is 11.6 Å². The molecule has 1 aliphatic carbocycles. The van der Waals surface area contributed by atoms with Gasteiger partial charge in [0.05, 0.1) is 22.8 Å². The van der Waals surface area contributed by atoms with Gasteiger partial charge < -0.3 is 10.0 Å². The van der Waals surface area contributed by atoms with Crippen LogP contribution in [0.2, 0.25) is 10.0 Å². The molecule has 3 aromatic rings. The number of carbonyl (C=O) groups excluding carboxylic acids is 1. The van der Waals surface area contributed by atoms with Crippen molar-refractivity contribution in [1.29, 1.82) is 0 Å². The monoisotopic (exact) mass is 535 g/mol. The van der Waals surface area contributed by atoms with Gasteiger partial charge in [-0.15, -0.1) is 0 Å². The second-order valence-electron chi connectivity index (χ2n) is 9.81. The fourth-order valence-electron chi connectivity index (χ4n) is 5.20. The Morgan fingerprint density at radius 1 is 0.784 bits per heavy atom. The van der Waals surface area contributed by atoms with Crippen molar-refractivity contribution in [2.45, 2.75) is 57.8 Å². The number of Topliss-reactive ketones (excluding diaryl/α,β-unsaturated/α-hetero) is 1. The van der Waals surface area contributed by atoms with Crippen molar-refractivity contribution in [3.05, 3.63) is 75.6 Å². The van der Waals surface area contributed by atoms with Crippen LogP contribution in [0, 0.1) is 0 Å². The number of aliphatic hydroxyl groups excluding tert-OH is 1. The van der Waals surface area contributed by atoms with Crippen LogP contribution in [-0.2, 0) is 11.2 Å². The number of carbonyl (C=O) groups is 1. The van der Waals surface area contributed by atoms with Crippen LogP contribution < -0.4 is 4.90 Å². The van der Waals surface area contributed by atoms with E-state index in [1.54, 1.807) is 0 Å². The lowest BCUT2D eigenvalue weighted by molar-refractivity contribution is -0.115. The lowest BCUT2D eigenvalue weighted by atomic mass is 10.0. The highest BCUT2D eigenvalue weighted by Gasteiger charge is 2.24. The minimum atomic E-state index is 0.121. The summed E-state index contributed by atoms with van der Waals surface area (Å²) >= 11 is 12.3. The molecule has 0 saturated carbocycles. The molecule has 5 nitrogen and oxygen atoms in total. The van der Waals surface area contributed by atoms with Gasteiger partial charge in [-0.05, 0) is 56.4 Å². The molecular formula is C30H31Cl2N3O2. The standard InChI is InChI=1S/C30H31Cl2N3O2/c31-22-12-8-20(9-13-22)28-29(21-10-14-23(32)15-11-21)34-30-25(33-28)7-5-19-35(30)18-4-2-1-3-6-24-26(36)16-17-27(24)37/h8-15,36H,1-7,16-19H2. The van der Waals surface area contributed by atoms with Gasteiger partial charge in [-0.3, -0.25) is 4.79 Å². The largest absolute Gasteiger partial charge is 0.512 e. The average molecular weight is 537 g/mol. The van der Waals surface area contributed by atoms with Crippen molar-refractivity contribution in [3.8, 4) is 22.5 Å². The van der Waals surface area contributed by atoms with Gasteiger partial charge in [-0.1, -0.05) is 60.3 Å². The van der Waals surface area contributed by atoms with Crippen molar-refractivity contribution >= 4 is 34.8 Å². The topological polar surface area (TPSA) is 66.3 Å². The number of nitrogens with zero attached hydrogens (tertiary/aromatic N) is 3. The number of hydrogen-bond acceptors (Lipinski definition) is 5. The zero-order valence-corrected chi connectivity index (χ0v) is 22.4. The van der Waals surface area contributed by atoms with Crippen molar-refractivity contribution in [2.75, 3.05) is 18.0 Å². The van der Waals surface area contributed by atoms with E-state index in [9.17, 15) is 9.90 Å². The van der Waals surface area contributed by atoms with Crippen LogP contribution in [0.15, 0.2) is 59.9 Å². The number of hydrogen-bond donors (Lipinski definition) is 1. The normalized spacial score (nSPS) is 15.4. The van der Waals surface area contributed by atoms with Gasteiger partial charge in [0.2, 0.25) is 0 Å². The fourth-order valence-corrected chi connectivity index (χ4v) is 5.45. The van der Waals surface area contributed by atoms with Gasteiger partial charge in [-0.25, -0.2) is 9.97 Å². The molecule has 1 aromatic heterocycles. The van der Waals surface area contributed by atoms with E-state index in [1.807, 2.05) is 48.5 Å². The van der Waals surface area contributed by atoms with Crippen LogP contribution in [-0.4, -0.2) is 33.9 Å². The Labute approximate surface area is 228 Å². The summed E-state index contributed by atoms with van der Waals surface area (Å²) in [4.78, 5) is 24.6. The molecule has 0 bridgehead atoms. The summed E-state index contributed by atoms with van der Waals surface area (Å²) < 4.78 is 0. The van der Waals surface area contributed by atoms with Crippen LogP contribution in [0.5, 0.6) is 0 Å². The third-order valence-corrected chi connectivity index (χ3v) is 7.71. The molecule has 192 valence electrons. The second-order valence-corrected chi connectivity index (χ2v) is 10.7. The highest BCUT2D eigenvalue weighted by atomic mass is 35.5. The fraction of sp³-hybridized carbons (Fsp3) is 0.367. The minimum absolute atomic E-state index is 0.121. The predicted molar refractivity (Wildman–Crippen MR) is 150 cm³/mol. The van der Waals surface area contributed by atoms with Gasteiger partial charge in [0.25, 0.3) is 0 Å². The first-order chi connectivity index (χ1) is 18.0. The van der Waals surface area contributed by atoms with Crippen molar-refractivity contribution in [2.24, 2.45) is 0 Å². The van der Waals surface area contributed by atoms with Crippen LogP contribution in [0.1, 0.15) is 57.1 Å². The molecule has 2 aromatic carbocycles. The van der Waals surface area contributed by atoms with E-state index < -0.39 is 0 Å². The summed E-state index contributed by atoms with van der Waals surface area (Å²) in [6.45, 7) is 1.90. The molecular weight excluding hydrogens is 505 g/mol. The number of benzene rings is 2. The highest BCUT2D eigenvalue weighted by molar-refractivity contribution is 6.31. The lowest BCUT2D eigenvalue weighted by Gasteiger charge is -2.30. The van der Waals surface area contributed by atoms with E-state index in [1.165, 1.54) is 0 Å². The summed E-state index contributed by atoms with van der Waals surface area (Å²) in [5.41, 5.74) is 5.37. The number of aryl methyl sites for hydroxylation is 1. The van der Waals surface area contributed by atoms with Crippen LogP contribution >= 0.6 is 23.2 Å². The first-order valence-corrected chi connectivity index (χ1v) is 13.9. The predicted octanol–water partition coefficient (Wildman–Crippen LogP) is 8.00. The Bertz CT molecular complexity index is 1300. The first-order valence-electron chi connectivity index (χ1n) is 13.1. The quantitative estimate of drug-likeness (QED) is 0.281. The number of aromatic nitrogens is 2. The van der Waals surface area contributed by atoms with E-state index in [2.05, 4.69) is 4.90 Å². The maximum Gasteiger partial charge on any atom is 0.162 e. The number of anilines is 1. The van der Waals surface area contributed by atoms with Crippen molar-refractivity contribution in [1.82, 2.24) is 9.97 Å².